The Morgan fingerprint density at radius 2 is 2.04 bits per heavy atom. The molecule has 3 rings (SSSR count). The molecule has 0 fully saturated rings. The Morgan fingerprint density at radius 3 is 2.78 bits per heavy atom. The van der Waals surface area contributed by atoms with Gasteiger partial charge in [0.1, 0.15) is 0 Å². The fraction of sp³-hybridized carbons (Fsp3) is 0.211. The maximum absolute atomic E-state index is 12.3. The van der Waals surface area contributed by atoms with Crippen molar-refractivity contribution in [1.82, 2.24) is 20.2 Å². The molecule has 0 saturated heterocycles. The van der Waals surface area contributed by atoms with Gasteiger partial charge in [0.25, 0.3) is 0 Å². The van der Waals surface area contributed by atoms with Gasteiger partial charge in [0.2, 0.25) is 11.1 Å². The number of thioether (sulfide) groups is 1. The van der Waals surface area contributed by atoms with Crippen LogP contribution in [0.5, 0.6) is 0 Å². The zero-order chi connectivity index (χ0) is 19.4. The van der Waals surface area contributed by atoms with Crippen molar-refractivity contribution in [3.63, 3.8) is 0 Å². The van der Waals surface area contributed by atoms with E-state index in [9.17, 15) is 4.79 Å². The highest BCUT2D eigenvalue weighted by atomic mass is 35.5. The number of halogens is 1. The molecule has 3 N–H and O–H groups in total. The van der Waals surface area contributed by atoms with Gasteiger partial charge >= 0.3 is 0 Å². The van der Waals surface area contributed by atoms with Crippen molar-refractivity contribution < 1.29 is 4.79 Å². The van der Waals surface area contributed by atoms with Crippen LogP contribution in [-0.2, 0) is 4.79 Å². The molecule has 6 nitrogen and oxygen atoms in total. The number of hydrogen-bond acceptors (Lipinski definition) is 5. The fourth-order valence-electron chi connectivity index (χ4n) is 2.66. The van der Waals surface area contributed by atoms with E-state index in [4.69, 9.17) is 17.4 Å². The molecule has 3 aromatic rings. The maximum atomic E-state index is 12.3. The minimum Gasteiger partial charge on any atom is -0.349 e. The SMILES string of the molecule is Cc1ccccc1-c1nnc(SCC(=O)N[C@H](C)c2cccc(Cl)c2)n1N. The standard InChI is InChI=1S/C19H20ClN5OS/c1-12-6-3-4-9-16(12)18-23-24-19(25(18)21)27-11-17(26)22-13(2)14-7-5-8-15(20)10-14/h3-10,13H,11,21H2,1-2H3,(H,22,26)/t13-/m1/s1. The smallest absolute Gasteiger partial charge is 0.230 e. The lowest BCUT2D eigenvalue weighted by Crippen LogP contribution is -2.28. The number of hydrogen-bond donors (Lipinski definition) is 2. The van der Waals surface area contributed by atoms with Crippen LogP contribution >= 0.6 is 23.4 Å². The summed E-state index contributed by atoms with van der Waals surface area (Å²) in [7, 11) is 0. The molecule has 0 unspecified atom stereocenters. The molecule has 8 heteroatoms. The summed E-state index contributed by atoms with van der Waals surface area (Å²) in [6.45, 7) is 3.90. The van der Waals surface area contributed by atoms with Crippen LogP contribution in [0.25, 0.3) is 11.4 Å². The monoisotopic (exact) mass is 401 g/mol. The molecule has 0 aliphatic heterocycles. The second kappa shape index (κ2) is 8.45. The lowest BCUT2D eigenvalue weighted by Gasteiger charge is -2.14. The van der Waals surface area contributed by atoms with Crippen LogP contribution in [0, 0.1) is 6.92 Å². The Bertz CT molecular complexity index is 959. The lowest BCUT2D eigenvalue weighted by atomic mass is 10.1. The molecular formula is C19H20ClN5OS. The normalized spacial score (nSPS) is 12.0. The van der Waals surface area contributed by atoms with Gasteiger partial charge in [-0.2, -0.15) is 0 Å². The number of amides is 1. The molecule has 1 heterocycles. The molecule has 0 spiro atoms. The summed E-state index contributed by atoms with van der Waals surface area (Å²) in [6.07, 6.45) is 0. The minimum absolute atomic E-state index is 0.118. The quantitative estimate of drug-likeness (QED) is 0.487. The molecule has 27 heavy (non-hydrogen) atoms. The van der Waals surface area contributed by atoms with Crippen LogP contribution in [0.2, 0.25) is 5.02 Å². The van der Waals surface area contributed by atoms with Crippen LogP contribution < -0.4 is 11.2 Å². The Kier molecular flexibility index (Phi) is 6.03. The highest BCUT2D eigenvalue weighted by molar-refractivity contribution is 7.99. The molecule has 1 aromatic heterocycles. The van der Waals surface area contributed by atoms with Gasteiger partial charge in [0.05, 0.1) is 11.8 Å². The average Bonchev–Trinajstić information content (AvgIpc) is 3.01. The van der Waals surface area contributed by atoms with Crippen LogP contribution in [-0.4, -0.2) is 26.5 Å². The number of nitrogens with two attached hydrogens (primary N) is 1. The number of carbonyl (C=O) groups excluding carboxylic acids is 1. The number of benzene rings is 2. The first-order valence-corrected chi connectivity index (χ1v) is 9.76. The number of nitrogen functional groups attached to an aromatic ring is 1. The Balaban J connectivity index is 1.62. The topological polar surface area (TPSA) is 85.8 Å². The molecule has 0 aliphatic carbocycles. The van der Waals surface area contributed by atoms with Gasteiger partial charge in [-0.05, 0) is 37.1 Å². The van der Waals surface area contributed by atoms with Gasteiger partial charge in [0, 0.05) is 10.6 Å². The second-order valence-electron chi connectivity index (χ2n) is 6.12. The van der Waals surface area contributed by atoms with Crippen LogP contribution in [0.3, 0.4) is 0 Å². The Labute approximate surface area is 167 Å². The van der Waals surface area contributed by atoms with Crippen molar-refractivity contribution in [3.05, 3.63) is 64.7 Å². The Morgan fingerprint density at radius 1 is 1.26 bits per heavy atom. The molecule has 0 bridgehead atoms. The van der Waals surface area contributed by atoms with E-state index >= 15 is 0 Å². The summed E-state index contributed by atoms with van der Waals surface area (Å²) in [5.74, 6) is 6.77. The van der Waals surface area contributed by atoms with Crippen molar-refractivity contribution in [1.29, 1.82) is 0 Å². The summed E-state index contributed by atoms with van der Waals surface area (Å²) >= 11 is 7.24. The van der Waals surface area contributed by atoms with Gasteiger partial charge in [-0.1, -0.05) is 59.8 Å². The summed E-state index contributed by atoms with van der Waals surface area (Å²) < 4.78 is 1.42. The number of nitrogens with one attached hydrogen (secondary N) is 1. The zero-order valence-corrected chi connectivity index (χ0v) is 16.6. The summed E-state index contributed by atoms with van der Waals surface area (Å²) in [6, 6.07) is 15.1. The van der Waals surface area contributed by atoms with E-state index in [0.717, 1.165) is 16.7 Å². The van der Waals surface area contributed by atoms with E-state index in [0.29, 0.717) is 16.0 Å². The van der Waals surface area contributed by atoms with E-state index < -0.39 is 0 Å². The van der Waals surface area contributed by atoms with E-state index in [2.05, 4.69) is 15.5 Å². The summed E-state index contributed by atoms with van der Waals surface area (Å²) in [4.78, 5) is 12.3. The third-order valence-electron chi connectivity index (χ3n) is 4.11. The van der Waals surface area contributed by atoms with E-state index in [1.54, 1.807) is 6.07 Å². The molecule has 1 atom stereocenters. The highest BCUT2D eigenvalue weighted by Gasteiger charge is 2.16. The van der Waals surface area contributed by atoms with Gasteiger partial charge in [-0.25, -0.2) is 4.68 Å². The minimum atomic E-state index is -0.143. The van der Waals surface area contributed by atoms with E-state index in [1.165, 1.54) is 16.4 Å². The number of rotatable bonds is 6. The molecule has 0 saturated carbocycles. The second-order valence-corrected chi connectivity index (χ2v) is 7.50. The van der Waals surface area contributed by atoms with Gasteiger partial charge < -0.3 is 11.2 Å². The zero-order valence-electron chi connectivity index (χ0n) is 15.0. The van der Waals surface area contributed by atoms with Crippen molar-refractivity contribution in [2.75, 3.05) is 11.6 Å². The molecule has 140 valence electrons. The van der Waals surface area contributed by atoms with Crippen molar-refractivity contribution in [2.24, 2.45) is 0 Å². The van der Waals surface area contributed by atoms with Gasteiger partial charge in [0.15, 0.2) is 5.82 Å². The van der Waals surface area contributed by atoms with Crippen molar-refractivity contribution in [3.8, 4) is 11.4 Å². The lowest BCUT2D eigenvalue weighted by molar-refractivity contribution is -0.119. The van der Waals surface area contributed by atoms with E-state index in [1.807, 2.05) is 56.3 Å². The molecular weight excluding hydrogens is 382 g/mol. The summed E-state index contributed by atoms with van der Waals surface area (Å²) in [5.41, 5.74) is 2.92. The largest absolute Gasteiger partial charge is 0.349 e. The average molecular weight is 402 g/mol. The fourth-order valence-corrected chi connectivity index (χ4v) is 3.52. The van der Waals surface area contributed by atoms with Crippen LogP contribution in [0.15, 0.2) is 53.7 Å². The number of nitrogens with zero attached hydrogens (tertiary/aromatic N) is 3. The number of aromatic nitrogens is 3. The first-order chi connectivity index (χ1) is 13.0. The van der Waals surface area contributed by atoms with E-state index in [-0.39, 0.29) is 17.7 Å². The van der Waals surface area contributed by atoms with Crippen molar-refractivity contribution >= 4 is 29.3 Å². The molecule has 1 amide bonds. The molecule has 0 aliphatic rings. The van der Waals surface area contributed by atoms with Gasteiger partial charge in [-0.15, -0.1) is 10.2 Å². The Hall–Kier alpha value is -2.51. The molecule has 2 aromatic carbocycles. The highest BCUT2D eigenvalue weighted by Crippen LogP contribution is 2.24. The van der Waals surface area contributed by atoms with Crippen LogP contribution in [0.1, 0.15) is 24.1 Å². The van der Waals surface area contributed by atoms with Crippen LogP contribution in [0.4, 0.5) is 0 Å². The first-order valence-electron chi connectivity index (χ1n) is 8.40. The number of aryl methyl sites for hydroxylation is 1. The predicted octanol–water partition coefficient (Wildman–Crippen LogP) is 3.59. The van der Waals surface area contributed by atoms with Gasteiger partial charge in [-0.3, -0.25) is 4.79 Å². The first kappa shape index (κ1) is 19.3. The summed E-state index contributed by atoms with van der Waals surface area (Å²) in [5, 5.41) is 12.3. The predicted molar refractivity (Wildman–Crippen MR) is 109 cm³/mol. The van der Waals surface area contributed by atoms with Crippen molar-refractivity contribution in [2.45, 2.75) is 25.0 Å². The third kappa shape index (κ3) is 4.61. The maximum Gasteiger partial charge on any atom is 0.230 e. The third-order valence-corrected chi connectivity index (χ3v) is 5.29. The molecule has 0 radical (unpaired) electrons. The number of carbonyl (C=O) groups is 1.